The van der Waals surface area contributed by atoms with E-state index < -0.39 is 0 Å². The molecule has 29 heavy (non-hydrogen) atoms. The Morgan fingerprint density at radius 3 is 1.62 bits per heavy atom. The summed E-state index contributed by atoms with van der Waals surface area (Å²) in [5.74, 6) is -0.0171. The van der Waals surface area contributed by atoms with Crippen LogP contribution in [-0.2, 0) is 9.53 Å². The van der Waals surface area contributed by atoms with Crippen LogP contribution < -0.4 is 0 Å². The van der Waals surface area contributed by atoms with Crippen LogP contribution in [0.3, 0.4) is 0 Å². The zero-order valence-electron chi connectivity index (χ0n) is 15.8. The van der Waals surface area contributed by atoms with Crippen molar-refractivity contribution < 1.29 is 9.53 Å². The molecule has 8 nitrogen and oxygen atoms in total. The number of benzene rings is 2. The van der Waals surface area contributed by atoms with Gasteiger partial charge < -0.3 is 4.74 Å². The summed E-state index contributed by atoms with van der Waals surface area (Å²) >= 11 is 0. The summed E-state index contributed by atoms with van der Waals surface area (Å²) in [5, 5.41) is 7.10. The molecular weight excluding hydrogens is 368 g/mol. The number of hydrogen-bond donors (Lipinski definition) is 0. The molecule has 0 N–H and O–H groups in total. The van der Waals surface area contributed by atoms with Gasteiger partial charge >= 0.3 is 0 Å². The first kappa shape index (κ1) is 19.9. The molecule has 0 atom stereocenters. The van der Waals surface area contributed by atoms with Crippen LogP contribution in [0.25, 0.3) is 33.0 Å². The predicted molar refractivity (Wildman–Crippen MR) is 111 cm³/mol. The Bertz CT molecular complexity index is 974. The maximum atomic E-state index is 13.0. The van der Waals surface area contributed by atoms with Crippen LogP contribution in [0.4, 0.5) is 11.4 Å². The lowest BCUT2D eigenvalue weighted by Crippen LogP contribution is -2.25. The molecule has 1 aliphatic carbocycles. The van der Waals surface area contributed by atoms with Gasteiger partial charge in [-0.25, -0.2) is 0 Å². The summed E-state index contributed by atoms with van der Waals surface area (Å²) in [4.78, 5) is 18.5. The second kappa shape index (κ2) is 9.39. The van der Waals surface area contributed by atoms with Gasteiger partial charge in [-0.3, -0.25) is 4.79 Å². The van der Waals surface area contributed by atoms with Gasteiger partial charge in [-0.2, -0.15) is 0 Å². The Morgan fingerprint density at radius 1 is 0.862 bits per heavy atom. The second-order valence-corrected chi connectivity index (χ2v) is 6.50. The second-order valence-electron chi connectivity index (χ2n) is 6.50. The van der Waals surface area contributed by atoms with E-state index in [0.29, 0.717) is 35.4 Å². The summed E-state index contributed by atoms with van der Waals surface area (Å²) in [6.45, 7) is 0. The summed E-state index contributed by atoms with van der Waals surface area (Å²) in [5.41, 5.74) is 21.0. The third kappa shape index (κ3) is 5.12. The molecule has 1 aliphatic rings. The highest BCUT2D eigenvalue weighted by atomic mass is 16.5. The fourth-order valence-electron chi connectivity index (χ4n) is 3.15. The molecule has 0 saturated heterocycles. The highest BCUT2D eigenvalue weighted by Gasteiger charge is 2.27. The van der Waals surface area contributed by atoms with Crippen molar-refractivity contribution in [2.24, 2.45) is 10.2 Å². The van der Waals surface area contributed by atoms with Gasteiger partial charge in [-0.1, -0.05) is 58.8 Å². The molecular formula is C21H18N6O2. The molecule has 0 aliphatic heterocycles. The zero-order valence-corrected chi connectivity index (χ0v) is 15.8. The van der Waals surface area contributed by atoms with Crippen LogP contribution in [0.2, 0.25) is 0 Å². The van der Waals surface area contributed by atoms with Crippen LogP contribution in [0, 0.1) is 0 Å². The van der Waals surface area contributed by atoms with Crippen LogP contribution >= 0.6 is 0 Å². The highest BCUT2D eigenvalue weighted by molar-refractivity contribution is 6.14. The minimum atomic E-state index is -0.0878. The predicted octanol–water partition coefficient (Wildman–Crippen LogP) is 6.42. The van der Waals surface area contributed by atoms with Gasteiger partial charge in [0.2, 0.25) is 0 Å². The molecule has 2 aromatic carbocycles. The van der Waals surface area contributed by atoms with Crippen molar-refractivity contribution >= 4 is 29.3 Å². The standard InChI is InChI=1S/C21H18N6O2/c1-29-20-12-16(10-14-2-6-18(7-3-14)24-26-22)21(28)17(13-20)11-15-4-8-19(9-5-15)25-27-23/h2-11,20H,12-13H2,1H3. The number of carbonyl (C=O) groups excluding carboxylic acids is 1. The van der Waals surface area contributed by atoms with Gasteiger partial charge in [0.15, 0.2) is 5.78 Å². The van der Waals surface area contributed by atoms with Gasteiger partial charge in [-0.15, -0.1) is 0 Å². The molecule has 3 rings (SSSR count). The lowest BCUT2D eigenvalue weighted by Gasteiger charge is -2.24. The SMILES string of the molecule is COC1CC(=Cc2ccc(N=[N+]=[N-])cc2)C(=O)C(=Cc2ccc(N=[N+]=[N-])cc2)C1. The molecule has 8 heteroatoms. The number of rotatable bonds is 5. The highest BCUT2D eigenvalue weighted by Crippen LogP contribution is 2.30. The van der Waals surface area contributed by atoms with Crippen molar-refractivity contribution in [3.05, 3.63) is 91.7 Å². The van der Waals surface area contributed by atoms with E-state index in [0.717, 1.165) is 11.1 Å². The van der Waals surface area contributed by atoms with E-state index in [4.69, 9.17) is 15.8 Å². The number of nitrogens with zero attached hydrogens (tertiary/aromatic N) is 6. The molecule has 0 unspecified atom stereocenters. The monoisotopic (exact) mass is 386 g/mol. The number of azide groups is 2. The van der Waals surface area contributed by atoms with Crippen molar-refractivity contribution in [2.75, 3.05) is 7.11 Å². The van der Waals surface area contributed by atoms with Crippen molar-refractivity contribution in [2.45, 2.75) is 18.9 Å². The van der Waals surface area contributed by atoms with E-state index in [-0.39, 0.29) is 11.9 Å². The molecule has 0 amide bonds. The molecule has 1 fully saturated rings. The average molecular weight is 386 g/mol. The van der Waals surface area contributed by atoms with E-state index in [2.05, 4.69) is 20.1 Å². The van der Waals surface area contributed by atoms with Crippen molar-refractivity contribution in [1.82, 2.24) is 0 Å². The van der Waals surface area contributed by atoms with Crippen LogP contribution in [0.5, 0.6) is 0 Å². The summed E-state index contributed by atoms with van der Waals surface area (Å²) in [6.07, 6.45) is 4.65. The van der Waals surface area contributed by atoms with Crippen molar-refractivity contribution in [1.29, 1.82) is 0 Å². The van der Waals surface area contributed by atoms with Gasteiger partial charge in [0.25, 0.3) is 0 Å². The molecule has 0 radical (unpaired) electrons. The first-order chi connectivity index (χ1) is 14.1. The molecule has 0 bridgehead atoms. The lowest BCUT2D eigenvalue weighted by atomic mass is 9.85. The Morgan fingerprint density at radius 2 is 1.28 bits per heavy atom. The van der Waals surface area contributed by atoms with Gasteiger partial charge in [-0.05, 0) is 34.3 Å². The van der Waals surface area contributed by atoms with E-state index >= 15 is 0 Å². The first-order valence-electron chi connectivity index (χ1n) is 8.92. The fourth-order valence-corrected chi connectivity index (χ4v) is 3.15. The minimum Gasteiger partial charge on any atom is -0.381 e. The van der Waals surface area contributed by atoms with Crippen LogP contribution in [-0.4, -0.2) is 19.0 Å². The molecule has 1 saturated carbocycles. The van der Waals surface area contributed by atoms with Crippen molar-refractivity contribution in [3.63, 3.8) is 0 Å². The van der Waals surface area contributed by atoms with E-state index in [1.165, 1.54) is 0 Å². The number of hydrogen-bond acceptors (Lipinski definition) is 4. The number of ether oxygens (including phenoxy) is 1. The number of ketones is 1. The summed E-state index contributed by atoms with van der Waals surface area (Å²) in [6, 6.07) is 14.0. The average Bonchev–Trinajstić information content (AvgIpc) is 2.74. The third-order valence-corrected chi connectivity index (χ3v) is 4.60. The number of carbonyl (C=O) groups is 1. The molecule has 0 heterocycles. The normalized spacial score (nSPS) is 18.9. The molecule has 144 valence electrons. The Labute approximate surface area is 167 Å². The molecule has 0 spiro atoms. The van der Waals surface area contributed by atoms with Crippen molar-refractivity contribution in [3.8, 4) is 0 Å². The first-order valence-corrected chi connectivity index (χ1v) is 8.92. The van der Waals surface area contributed by atoms with Crippen LogP contribution in [0.15, 0.2) is 69.9 Å². The molecule has 0 aromatic heterocycles. The summed E-state index contributed by atoms with van der Waals surface area (Å²) < 4.78 is 5.53. The Balaban J connectivity index is 1.89. The van der Waals surface area contributed by atoms with E-state index in [1.807, 2.05) is 12.2 Å². The topological polar surface area (TPSA) is 124 Å². The minimum absolute atomic E-state index is 0.0171. The van der Waals surface area contributed by atoms with Crippen LogP contribution in [0.1, 0.15) is 24.0 Å². The summed E-state index contributed by atoms with van der Waals surface area (Å²) in [7, 11) is 1.64. The number of methoxy groups -OCH3 is 1. The van der Waals surface area contributed by atoms with E-state index in [9.17, 15) is 4.79 Å². The number of Topliss-reactive ketones (excluding diaryl/α,β-unsaturated/α-hetero) is 1. The Hall–Kier alpha value is -3.83. The largest absolute Gasteiger partial charge is 0.381 e. The molecule has 2 aromatic rings. The lowest BCUT2D eigenvalue weighted by molar-refractivity contribution is -0.113. The fraction of sp³-hybridized carbons (Fsp3) is 0.190. The maximum absolute atomic E-state index is 13.0. The van der Waals surface area contributed by atoms with Gasteiger partial charge in [0.1, 0.15) is 0 Å². The maximum Gasteiger partial charge on any atom is 0.185 e. The van der Waals surface area contributed by atoms with Gasteiger partial charge in [0, 0.05) is 52.3 Å². The zero-order chi connectivity index (χ0) is 20.6. The Kier molecular flexibility index (Phi) is 6.45. The third-order valence-electron chi connectivity index (χ3n) is 4.60. The smallest absolute Gasteiger partial charge is 0.185 e. The van der Waals surface area contributed by atoms with E-state index in [1.54, 1.807) is 55.6 Å². The quantitative estimate of drug-likeness (QED) is 0.255. The van der Waals surface area contributed by atoms with Gasteiger partial charge in [0.05, 0.1) is 6.10 Å².